The van der Waals surface area contributed by atoms with Crippen molar-refractivity contribution in [1.29, 1.82) is 0 Å². The van der Waals surface area contributed by atoms with E-state index >= 15 is 0 Å². The van der Waals surface area contributed by atoms with Gasteiger partial charge in [0.05, 0.1) is 12.0 Å². The summed E-state index contributed by atoms with van der Waals surface area (Å²) < 4.78 is 18.6. The number of likely N-dealkylation sites (tertiary alicyclic amines) is 1. The average Bonchev–Trinajstić information content (AvgIpc) is 2.56. The van der Waals surface area contributed by atoms with Crippen LogP contribution in [-0.2, 0) is 20.7 Å². The lowest BCUT2D eigenvalue weighted by Crippen LogP contribution is -2.52. The van der Waals surface area contributed by atoms with E-state index in [9.17, 15) is 14.0 Å². The molecule has 1 aromatic carbocycles. The molecule has 4 nitrogen and oxygen atoms in total. The Hall–Kier alpha value is -1.91. The standard InChI is InChI=1S/C21H30FNO3/c1-5-26-19(25)21(13-16-7-9-17(22)10-8-16)11-6-12-23(15-21)18(24)14-20(2,3)4/h7-10H,5-6,11-15H2,1-4H3. The Morgan fingerprint density at radius 2 is 1.88 bits per heavy atom. The van der Waals surface area contributed by atoms with Crippen molar-refractivity contribution in [1.82, 2.24) is 4.90 Å². The molecule has 1 aliphatic heterocycles. The first kappa shape index (κ1) is 20.4. The second-order valence-electron chi connectivity index (χ2n) is 8.46. The van der Waals surface area contributed by atoms with Gasteiger partial charge in [-0.3, -0.25) is 9.59 Å². The van der Waals surface area contributed by atoms with Gasteiger partial charge >= 0.3 is 5.97 Å². The number of carbonyl (C=O) groups is 2. The molecule has 0 spiro atoms. The smallest absolute Gasteiger partial charge is 0.314 e. The molecule has 1 atom stereocenters. The monoisotopic (exact) mass is 363 g/mol. The minimum absolute atomic E-state index is 0.0741. The van der Waals surface area contributed by atoms with Gasteiger partial charge in [0.15, 0.2) is 0 Å². The molecule has 5 heteroatoms. The van der Waals surface area contributed by atoms with Gasteiger partial charge in [-0.2, -0.15) is 0 Å². The van der Waals surface area contributed by atoms with Gasteiger partial charge in [-0.15, -0.1) is 0 Å². The third-order valence-corrected chi connectivity index (χ3v) is 4.78. The molecule has 1 fully saturated rings. The average molecular weight is 363 g/mol. The number of benzene rings is 1. The van der Waals surface area contributed by atoms with E-state index in [1.165, 1.54) is 12.1 Å². The number of esters is 1. The first-order valence-electron chi connectivity index (χ1n) is 9.35. The lowest BCUT2D eigenvalue weighted by Gasteiger charge is -2.41. The van der Waals surface area contributed by atoms with Gasteiger partial charge in [-0.05, 0) is 49.3 Å². The van der Waals surface area contributed by atoms with Gasteiger partial charge in [0.1, 0.15) is 5.82 Å². The summed E-state index contributed by atoms with van der Waals surface area (Å²) in [6, 6.07) is 6.21. The molecule has 0 bridgehead atoms. The summed E-state index contributed by atoms with van der Waals surface area (Å²) in [7, 11) is 0. The minimum atomic E-state index is -0.764. The van der Waals surface area contributed by atoms with Gasteiger partial charge in [-0.1, -0.05) is 32.9 Å². The van der Waals surface area contributed by atoms with Crippen LogP contribution in [0.5, 0.6) is 0 Å². The van der Waals surface area contributed by atoms with Crippen molar-refractivity contribution in [2.75, 3.05) is 19.7 Å². The number of hydrogen-bond acceptors (Lipinski definition) is 3. The van der Waals surface area contributed by atoms with Crippen LogP contribution in [0.4, 0.5) is 4.39 Å². The van der Waals surface area contributed by atoms with Gasteiger partial charge in [0, 0.05) is 19.5 Å². The van der Waals surface area contributed by atoms with Crippen LogP contribution in [0.1, 0.15) is 52.5 Å². The number of piperidine rings is 1. The number of halogens is 1. The zero-order valence-corrected chi connectivity index (χ0v) is 16.3. The fourth-order valence-electron chi connectivity index (χ4n) is 3.57. The highest BCUT2D eigenvalue weighted by Gasteiger charge is 2.45. The highest BCUT2D eigenvalue weighted by atomic mass is 19.1. The van der Waals surface area contributed by atoms with Crippen LogP contribution in [0.25, 0.3) is 0 Å². The second-order valence-corrected chi connectivity index (χ2v) is 8.46. The van der Waals surface area contributed by atoms with Crippen LogP contribution in [0.3, 0.4) is 0 Å². The predicted molar refractivity (Wildman–Crippen MR) is 99.1 cm³/mol. The summed E-state index contributed by atoms with van der Waals surface area (Å²) in [5.41, 5.74) is 0.0159. The second kappa shape index (κ2) is 8.19. The first-order chi connectivity index (χ1) is 12.1. The molecule has 1 heterocycles. The maximum absolute atomic E-state index is 13.2. The van der Waals surface area contributed by atoms with Crippen molar-refractivity contribution in [3.63, 3.8) is 0 Å². The highest BCUT2D eigenvalue weighted by Crippen LogP contribution is 2.36. The van der Waals surface area contributed by atoms with E-state index in [1.54, 1.807) is 24.0 Å². The number of rotatable bonds is 5. The molecule has 2 rings (SSSR count). The number of hydrogen-bond donors (Lipinski definition) is 0. The molecule has 1 unspecified atom stereocenters. The van der Waals surface area contributed by atoms with E-state index in [-0.39, 0.29) is 23.1 Å². The van der Waals surface area contributed by atoms with E-state index in [2.05, 4.69) is 0 Å². The lowest BCUT2D eigenvalue weighted by molar-refractivity contribution is -0.161. The maximum Gasteiger partial charge on any atom is 0.314 e. The summed E-state index contributed by atoms with van der Waals surface area (Å²) in [6.45, 7) is 9.22. The fourth-order valence-corrected chi connectivity index (χ4v) is 3.57. The van der Waals surface area contributed by atoms with E-state index in [1.807, 2.05) is 20.8 Å². The quantitative estimate of drug-likeness (QED) is 0.744. The maximum atomic E-state index is 13.2. The number of ether oxygens (including phenoxy) is 1. The molecule has 26 heavy (non-hydrogen) atoms. The van der Waals surface area contributed by atoms with Crippen LogP contribution in [0.15, 0.2) is 24.3 Å². The Kier molecular flexibility index (Phi) is 6.43. The summed E-state index contributed by atoms with van der Waals surface area (Å²) in [5.74, 6) is -0.493. The van der Waals surface area contributed by atoms with E-state index in [0.29, 0.717) is 39.0 Å². The summed E-state index contributed by atoms with van der Waals surface area (Å²) in [5, 5.41) is 0. The first-order valence-corrected chi connectivity index (χ1v) is 9.35. The molecule has 0 aliphatic carbocycles. The molecule has 144 valence electrons. The largest absolute Gasteiger partial charge is 0.466 e. The Labute approximate surface area is 155 Å². The molecular formula is C21H30FNO3. The van der Waals surface area contributed by atoms with Gasteiger partial charge in [0.2, 0.25) is 5.91 Å². The number of amides is 1. The van der Waals surface area contributed by atoms with Gasteiger partial charge in [0.25, 0.3) is 0 Å². The van der Waals surface area contributed by atoms with Crippen LogP contribution in [-0.4, -0.2) is 36.5 Å². The summed E-state index contributed by atoms with van der Waals surface area (Å²) in [6.07, 6.45) is 2.33. The Morgan fingerprint density at radius 1 is 1.23 bits per heavy atom. The van der Waals surface area contributed by atoms with Gasteiger partial charge in [-0.25, -0.2) is 4.39 Å². The molecule has 1 aromatic rings. The van der Waals surface area contributed by atoms with E-state index in [0.717, 1.165) is 12.0 Å². The molecule has 1 aliphatic rings. The van der Waals surface area contributed by atoms with Crippen LogP contribution in [0.2, 0.25) is 0 Å². The van der Waals surface area contributed by atoms with Crippen molar-refractivity contribution in [3.8, 4) is 0 Å². The Balaban J connectivity index is 2.24. The molecule has 0 radical (unpaired) electrons. The molecule has 1 saturated heterocycles. The van der Waals surface area contributed by atoms with Crippen molar-refractivity contribution < 1.29 is 18.7 Å². The fraction of sp³-hybridized carbons (Fsp3) is 0.619. The van der Waals surface area contributed by atoms with Crippen molar-refractivity contribution in [2.24, 2.45) is 10.8 Å². The normalized spacial score (nSPS) is 20.7. The predicted octanol–water partition coefficient (Wildman–Crippen LogP) is 3.98. The molecule has 0 saturated carbocycles. The van der Waals surface area contributed by atoms with Crippen LogP contribution < -0.4 is 0 Å². The summed E-state index contributed by atoms with van der Waals surface area (Å²) >= 11 is 0. The van der Waals surface area contributed by atoms with Crippen molar-refractivity contribution >= 4 is 11.9 Å². The summed E-state index contributed by atoms with van der Waals surface area (Å²) in [4.78, 5) is 27.3. The molecule has 0 N–H and O–H groups in total. The highest BCUT2D eigenvalue weighted by molar-refractivity contribution is 5.81. The third kappa shape index (κ3) is 5.29. The molecule has 0 aromatic heterocycles. The number of nitrogens with zero attached hydrogens (tertiary/aromatic N) is 1. The topological polar surface area (TPSA) is 46.6 Å². The molecular weight excluding hydrogens is 333 g/mol. The van der Waals surface area contributed by atoms with E-state index in [4.69, 9.17) is 4.74 Å². The minimum Gasteiger partial charge on any atom is -0.466 e. The Bertz CT molecular complexity index is 636. The zero-order valence-electron chi connectivity index (χ0n) is 16.3. The van der Waals surface area contributed by atoms with Crippen LogP contribution >= 0.6 is 0 Å². The van der Waals surface area contributed by atoms with Crippen LogP contribution in [0, 0.1) is 16.6 Å². The Morgan fingerprint density at radius 3 is 2.46 bits per heavy atom. The zero-order chi connectivity index (χ0) is 19.4. The van der Waals surface area contributed by atoms with E-state index < -0.39 is 5.41 Å². The van der Waals surface area contributed by atoms with Gasteiger partial charge < -0.3 is 9.64 Å². The van der Waals surface area contributed by atoms with Crippen molar-refractivity contribution in [2.45, 2.75) is 53.4 Å². The lowest BCUT2D eigenvalue weighted by atomic mass is 9.74. The molecule has 1 amide bonds. The van der Waals surface area contributed by atoms with Crippen molar-refractivity contribution in [3.05, 3.63) is 35.6 Å². The number of carbonyl (C=O) groups excluding carboxylic acids is 2. The SMILES string of the molecule is CCOC(=O)C1(Cc2ccc(F)cc2)CCCN(C(=O)CC(C)(C)C)C1. The third-order valence-electron chi connectivity index (χ3n) is 4.78.